The highest BCUT2D eigenvalue weighted by atomic mass is 16.5. The van der Waals surface area contributed by atoms with Crippen molar-refractivity contribution in [3.05, 3.63) is 12.5 Å². The Balaban J connectivity index is 2.28. The summed E-state index contributed by atoms with van der Waals surface area (Å²) in [6.45, 7) is 1.47. The molecule has 1 amide bonds. The highest BCUT2D eigenvalue weighted by Gasteiger charge is 2.30. The average molecular weight is 237 g/mol. The van der Waals surface area contributed by atoms with Crippen LogP contribution in [0.5, 0.6) is 0 Å². The maximum atomic E-state index is 11.7. The fourth-order valence-electron chi connectivity index (χ4n) is 1.81. The molecule has 3 N–H and O–H groups in total. The highest BCUT2D eigenvalue weighted by Crippen LogP contribution is 2.22. The summed E-state index contributed by atoms with van der Waals surface area (Å²) in [6.07, 6.45) is 2.95. The molecule has 92 valence electrons. The summed E-state index contributed by atoms with van der Waals surface area (Å²) in [5.74, 6) is 0.472. The Morgan fingerprint density at radius 2 is 2.53 bits per heavy atom. The first-order valence-electron chi connectivity index (χ1n) is 5.35. The van der Waals surface area contributed by atoms with E-state index in [1.165, 1.54) is 12.5 Å². The molecule has 1 atom stereocenters. The van der Waals surface area contributed by atoms with Gasteiger partial charge in [0.15, 0.2) is 5.82 Å². The van der Waals surface area contributed by atoms with Crippen molar-refractivity contribution in [3.63, 3.8) is 0 Å². The van der Waals surface area contributed by atoms with Gasteiger partial charge in [0.05, 0.1) is 25.1 Å². The highest BCUT2D eigenvalue weighted by molar-refractivity contribution is 5.86. The van der Waals surface area contributed by atoms with Crippen LogP contribution in [0.15, 0.2) is 12.5 Å². The number of ether oxygens (including phenoxy) is 1. The molecule has 2 heterocycles. The Kier molecular flexibility index (Phi) is 3.38. The summed E-state index contributed by atoms with van der Waals surface area (Å²) in [4.78, 5) is 21.5. The molecule has 0 saturated carbocycles. The van der Waals surface area contributed by atoms with Crippen molar-refractivity contribution in [3.8, 4) is 0 Å². The van der Waals surface area contributed by atoms with E-state index >= 15 is 0 Å². The minimum Gasteiger partial charge on any atom is -0.394 e. The zero-order chi connectivity index (χ0) is 12.3. The third-order valence-corrected chi connectivity index (χ3v) is 2.67. The molecule has 1 unspecified atom stereocenters. The number of nitrogens with one attached hydrogen (secondary N) is 1. The molecule has 1 saturated heterocycles. The summed E-state index contributed by atoms with van der Waals surface area (Å²) < 4.78 is 5.31. The lowest BCUT2D eigenvalue weighted by Gasteiger charge is -2.35. The molecular formula is C10H15N5O2. The van der Waals surface area contributed by atoms with Crippen LogP contribution in [0, 0.1) is 0 Å². The second-order valence-electron chi connectivity index (χ2n) is 3.70. The number of amides is 1. The van der Waals surface area contributed by atoms with E-state index in [-0.39, 0.29) is 5.91 Å². The lowest BCUT2D eigenvalue weighted by Crippen LogP contribution is -2.53. The Bertz CT molecular complexity index is 411. The summed E-state index contributed by atoms with van der Waals surface area (Å²) in [5.41, 5.74) is 6.28. The second kappa shape index (κ2) is 4.96. The van der Waals surface area contributed by atoms with E-state index in [4.69, 9.17) is 10.5 Å². The van der Waals surface area contributed by atoms with Crippen molar-refractivity contribution >= 4 is 17.4 Å². The predicted octanol–water partition coefficient (Wildman–Crippen LogP) is -0.990. The molecule has 1 aromatic rings. The van der Waals surface area contributed by atoms with Crippen LogP contribution in [-0.4, -0.2) is 48.7 Å². The van der Waals surface area contributed by atoms with Gasteiger partial charge in [-0.15, -0.1) is 0 Å². The van der Waals surface area contributed by atoms with Gasteiger partial charge in [0, 0.05) is 13.6 Å². The SMILES string of the molecule is CNC(=O)C1COCCN1c1ncncc1N. The number of nitrogens with zero attached hydrogens (tertiary/aromatic N) is 3. The van der Waals surface area contributed by atoms with Gasteiger partial charge < -0.3 is 20.7 Å². The number of nitrogen functional groups attached to an aromatic ring is 1. The first-order valence-corrected chi connectivity index (χ1v) is 5.35. The standard InChI is InChI=1S/C10H15N5O2/c1-12-10(16)8-5-17-3-2-15(8)9-7(11)4-13-6-14-9/h4,6,8H,2-3,5,11H2,1H3,(H,12,16). The zero-order valence-corrected chi connectivity index (χ0v) is 9.59. The average Bonchev–Trinajstić information content (AvgIpc) is 2.38. The maximum Gasteiger partial charge on any atom is 0.244 e. The Morgan fingerprint density at radius 1 is 1.71 bits per heavy atom. The van der Waals surface area contributed by atoms with Gasteiger partial charge in [-0.05, 0) is 0 Å². The Hall–Kier alpha value is -1.89. The fourth-order valence-corrected chi connectivity index (χ4v) is 1.81. The molecule has 7 heteroatoms. The smallest absolute Gasteiger partial charge is 0.244 e. The third kappa shape index (κ3) is 2.28. The summed E-state index contributed by atoms with van der Waals surface area (Å²) >= 11 is 0. The number of morpholine rings is 1. The number of aromatic nitrogens is 2. The van der Waals surface area contributed by atoms with Crippen LogP contribution in [0.3, 0.4) is 0 Å². The van der Waals surface area contributed by atoms with Crippen LogP contribution < -0.4 is 16.0 Å². The van der Waals surface area contributed by atoms with Crippen molar-refractivity contribution in [1.29, 1.82) is 0 Å². The number of hydrogen-bond donors (Lipinski definition) is 2. The van der Waals surface area contributed by atoms with Gasteiger partial charge in [-0.2, -0.15) is 0 Å². The van der Waals surface area contributed by atoms with Crippen molar-refractivity contribution in [2.45, 2.75) is 6.04 Å². The van der Waals surface area contributed by atoms with Crippen molar-refractivity contribution in [2.24, 2.45) is 0 Å². The predicted molar refractivity (Wildman–Crippen MR) is 62.5 cm³/mol. The first kappa shape index (κ1) is 11.6. The quantitative estimate of drug-likeness (QED) is 0.686. The van der Waals surface area contributed by atoms with Crippen molar-refractivity contribution < 1.29 is 9.53 Å². The van der Waals surface area contributed by atoms with Crippen molar-refractivity contribution in [1.82, 2.24) is 15.3 Å². The number of nitrogens with two attached hydrogens (primary N) is 1. The minimum atomic E-state index is -0.397. The number of rotatable bonds is 2. The van der Waals surface area contributed by atoms with Gasteiger partial charge in [-0.1, -0.05) is 0 Å². The van der Waals surface area contributed by atoms with E-state index in [2.05, 4.69) is 15.3 Å². The summed E-state index contributed by atoms with van der Waals surface area (Å²) in [6, 6.07) is -0.397. The van der Waals surface area contributed by atoms with E-state index in [1.807, 2.05) is 4.90 Å². The number of carbonyl (C=O) groups excluding carboxylic acids is 1. The molecule has 2 rings (SSSR count). The topological polar surface area (TPSA) is 93.4 Å². The molecule has 7 nitrogen and oxygen atoms in total. The first-order chi connectivity index (χ1) is 8.24. The van der Waals surface area contributed by atoms with Crippen LogP contribution in [0.25, 0.3) is 0 Å². The molecule has 1 aliphatic heterocycles. The third-order valence-electron chi connectivity index (χ3n) is 2.67. The summed E-state index contributed by atoms with van der Waals surface area (Å²) in [7, 11) is 1.60. The van der Waals surface area contributed by atoms with Crippen LogP contribution in [0.4, 0.5) is 11.5 Å². The second-order valence-corrected chi connectivity index (χ2v) is 3.70. The molecule has 1 aliphatic rings. The largest absolute Gasteiger partial charge is 0.394 e. The van der Waals surface area contributed by atoms with E-state index in [0.717, 1.165) is 0 Å². The van der Waals surface area contributed by atoms with Crippen LogP contribution in [-0.2, 0) is 9.53 Å². The molecule has 0 aliphatic carbocycles. The van der Waals surface area contributed by atoms with E-state index < -0.39 is 6.04 Å². The normalized spacial score (nSPS) is 20.1. The van der Waals surface area contributed by atoms with Crippen molar-refractivity contribution in [2.75, 3.05) is 37.4 Å². The van der Waals surface area contributed by atoms with Gasteiger partial charge in [-0.25, -0.2) is 9.97 Å². The number of anilines is 2. The van der Waals surface area contributed by atoms with Crippen LogP contribution in [0.1, 0.15) is 0 Å². The van der Waals surface area contributed by atoms with Gasteiger partial charge in [0.1, 0.15) is 12.4 Å². The number of carbonyl (C=O) groups is 1. The molecule has 1 fully saturated rings. The molecule has 17 heavy (non-hydrogen) atoms. The van der Waals surface area contributed by atoms with E-state index in [9.17, 15) is 4.79 Å². The number of hydrogen-bond acceptors (Lipinski definition) is 6. The summed E-state index contributed by atoms with van der Waals surface area (Å²) in [5, 5.41) is 2.61. The molecule has 0 aromatic carbocycles. The van der Waals surface area contributed by atoms with Crippen LogP contribution >= 0.6 is 0 Å². The minimum absolute atomic E-state index is 0.109. The maximum absolute atomic E-state index is 11.7. The number of likely N-dealkylation sites (N-methyl/N-ethyl adjacent to an activating group) is 1. The Morgan fingerprint density at radius 3 is 3.24 bits per heavy atom. The monoisotopic (exact) mass is 237 g/mol. The van der Waals surface area contributed by atoms with Gasteiger partial charge >= 0.3 is 0 Å². The van der Waals surface area contributed by atoms with Crippen LogP contribution in [0.2, 0.25) is 0 Å². The molecule has 0 spiro atoms. The van der Waals surface area contributed by atoms with Gasteiger partial charge in [0.2, 0.25) is 5.91 Å². The Labute approximate surface area is 99.0 Å². The van der Waals surface area contributed by atoms with Gasteiger partial charge in [0.25, 0.3) is 0 Å². The zero-order valence-electron chi connectivity index (χ0n) is 9.59. The molecule has 0 radical (unpaired) electrons. The lowest BCUT2D eigenvalue weighted by atomic mass is 10.2. The lowest BCUT2D eigenvalue weighted by molar-refractivity contribution is -0.124. The van der Waals surface area contributed by atoms with E-state index in [0.29, 0.717) is 31.3 Å². The molecule has 0 bridgehead atoms. The molecular weight excluding hydrogens is 222 g/mol. The molecule has 1 aromatic heterocycles. The fraction of sp³-hybridized carbons (Fsp3) is 0.500. The van der Waals surface area contributed by atoms with E-state index in [1.54, 1.807) is 7.05 Å². The van der Waals surface area contributed by atoms with Gasteiger partial charge in [-0.3, -0.25) is 4.79 Å².